The summed E-state index contributed by atoms with van der Waals surface area (Å²) in [6, 6.07) is 7.42. The fraction of sp³-hybridized carbons (Fsp3) is 0.353. The number of amides is 2. The lowest BCUT2D eigenvalue weighted by Crippen LogP contribution is -2.40. The summed E-state index contributed by atoms with van der Waals surface area (Å²) >= 11 is 0. The molecule has 2 amide bonds. The van der Waals surface area contributed by atoms with Crippen molar-refractivity contribution in [2.24, 2.45) is 0 Å². The molecule has 25 heavy (non-hydrogen) atoms. The third kappa shape index (κ3) is 3.97. The lowest BCUT2D eigenvalue weighted by Gasteiger charge is -2.25. The van der Waals surface area contributed by atoms with Gasteiger partial charge in [0.2, 0.25) is 0 Å². The predicted molar refractivity (Wildman–Crippen MR) is 90.2 cm³/mol. The molecular weight excluding hydrogens is 324 g/mol. The van der Waals surface area contributed by atoms with Crippen molar-refractivity contribution in [3.8, 4) is 5.75 Å². The van der Waals surface area contributed by atoms with E-state index in [0.29, 0.717) is 13.2 Å². The molecule has 0 bridgehead atoms. The third-order valence-corrected chi connectivity index (χ3v) is 4.06. The molecule has 2 heterocycles. The number of hydrogen-bond donors (Lipinski definition) is 2. The van der Waals surface area contributed by atoms with Crippen LogP contribution in [0.4, 0.5) is 5.82 Å². The minimum atomic E-state index is -0.784. The molecule has 8 heteroatoms. The summed E-state index contributed by atoms with van der Waals surface area (Å²) in [4.78, 5) is 25.8. The lowest BCUT2D eigenvalue weighted by molar-refractivity contribution is -0.136. The van der Waals surface area contributed by atoms with Gasteiger partial charge < -0.3 is 19.5 Å². The van der Waals surface area contributed by atoms with Gasteiger partial charge in [-0.3, -0.25) is 14.9 Å². The molecule has 0 aliphatic carbocycles. The van der Waals surface area contributed by atoms with Crippen molar-refractivity contribution in [3.05, 3.63) is 41.7 Å². The van der Waals surface area contributed by atoms with Crippen LogP contribution in [0.3, 0.4) is 0 Å². The summed E-state index contributed by atoms with van der Waals surface area (Å²) in [6.07, 6.45) is 2.20. The van der Waals surface area contributed by atoms with E-state index in [0.717, 1.165) is 17.7 Å². The molecule has 2 N–H and O–H groups in total. The summed E-state index contributed by atoms with van der Waals surface area (Å²) in [5.74, 6) is -0.395. The van der Waals surface area contributed by atoms with E-state index >= 15 is 0 Å². The molecule has 0 saturated heterocycles. The Morgan fingerprint density at radius 1 is 1.28 bits per heavy atom. The van der Waals surface area contributed by atoms with Gasteiger partial charge in [0.1, 0.15) is 12.0 Å². The van der Waals surface area contributed by atoms with E-state index < -0.39 is 11.8 Å². The van der Waals surface area contributed by atoms with E-state index in [1.165, 1.54) is 17.9 Å². The predicted octanol–water partition coefficient (Wildman–Crippen LogP) is 0.967. The maximum atomic E-state index is 12.0. The Balaban J connectivity index is 1.62. The van der Waals surface area contributed by atoms with Gasteiger partial charge in [-0.2, -0.15) is 0 Å². The second-order valence-corrected chi connectivity index (χ2v) is 5.99. The van der Waals surface area contributed by atoms with E-state index in [4.69, 9.17) is 4.74 Å². The molecule has 8 nitrogen and oxygen atoms in total. The Hall–Kier alpha value is -2.87. The van der Waals surface area contributed by atoms with E-state index in [1.54, 1.807) is 0 Å². The Bertz CT molecular complexity index is 758. The number of carbonyl (C=O) groups excluding carboxylic acids is 2. The number of carbonyl (C=O) groups is 2. The number of likely N-dealkylation sites (N-methyl/N-ethyl adjacent to an activating group) is 1. The van der Waals surface area contributed by atoms with Gasteiger partial charge in [-0.25, -0.2) is 0 Å². The molecule has 1 aromatic heterocycles. The number of nitrogens with one attached hydrogen (secondary N) is 2. The summed E-state index contributed by atoms with van der Waals surface area (Å²) in [5.41, 5.74) is 2.23. The third-order valence-electron chi connectivity index (χ3n) is 4.06. The van der Waals surface area contributed by atoms with Gasteiger partial charge in [-0.15, -0.1) is 0 Å². The van der Waals surface area contributed by atoms with E-state index in [2.05, 4.69) is 26.4 Å². The highest BCUT2D eigenvalue weighted by molar-refractivity contribution is 6.39. The molecule has 3 rings (SSSR count). The second-order valence-electron chi connectivity index (χ2n) is 5.99. The largest absolute Gasteiger partial charge is 0.493 e. The first kappa shape index (κ1) is 17.0. The number of anilines is 1. The first-order valence-corrected chi connectivity index (χ1v) is 7.96. The van der Waals surface area contributed by atoms with Crippen molar-refractivity contribution in [2.45, 2.75) is 12.5 Å². The average Bonchev–Trinajstić information content (AvgIpc) is 3.25. The molecule has 132 valence electrons. The first-order valence-electron chi connectivity index (χ1n) is 7.96. The number of hydrogen-bond acceptors (Lipinski definition) is 6. The van der Waals surface area contributed by atoms with Gasteiger partial charge in [0.15, 0.2) is 5.82 Å². The van der Waals surface area contributed by atoms with Crippen LogP contribution in [0.2, 0.25) is 0 Å². The van der Waals surface area contributed by atoms with Crippen LogP contribution in [0.15, 0.2) is 35.1 Å². The highest BCUT2D eigenvalue weighted by Gasteiger charge is 2.21. The maximum Gasteiger partial charge on any atom is 0.314 e. The van der Waals surface area contributed by atoms with Crippen molar-refractivity contribution >= 4 is 17.6 Å². The molecule has 2 aromatic rings. The number of rotatable bonds is 5. The number of aromatic nitrogens is 1. The molecule has 1 unspecified atom stereocenters. The Labute approximate surface area is 145 Å². The normalized spacial score (nSPS) is 13.9. The SMILES string of the molecule is CN(C)C(CNC(=O)C(=O)Nc1ccon1)c1ccc2c(c1)CCO2. The van der Waals surface area contributed by atoms with E-state index in [9.17, 15) is 9.59 Å². The molecule has 1 aromatic carbocycles. The van der Waals surface area contributed by atoms with Crippen LogP contribution in [0.1, 0.15) is 17.2 Å². The second kappa shape index (κ2) is 7.35. The van der Waals surface area contributed by atoms with E-state index in [1.807, 2.05) is 31.1 Å². The van der Waals surface area contributed by atoms with Gasteiger partial charge in [-0.05, 0) is 31.3 Å². The molecule has 0 radical (unpaired) electrons. The van der Waals surface area contributed by atoms with Crippen molar-refractivity contribution in [1.82, 2.24) is 15.4 Å². The quantitative estimate of drug-likeness (QED) is 0.785. The molecule has 0 spiro atoms. The van der Waals surface area contributed by atoms with Crippen LogP contribution < -0.4 is 15.4 Å². The van der Waals surface area contributed by atoms with Crippen LogP contribution in [0, 0.1) is 0 Å². The molecule has 1 atom stereocenters. The molecule has 0 saturated carbocycles. The topological polar surface area (TPSA) is 96.7 Å². The van der Waals surface area contributed by atoms with E-state index in [-0.39, 0.29) is 11.9 Å². The molecule has 1 aliphatic heterocycles. The van der Waals surface area contributed by atoms with Gasteiger partial charge in [0, 0.05) is 19.0 Å². The summed E-state index contributed by atoms with van der Waals surface area (Å²) in [5, 5.41) is 8.56. The van der Waals surface area contributed by atoms with Crippen molar-refractivity contribution in [1.29, 1.82) is 0 Å². The highest BCUT2D eigenvalue weighted by atomic mass is 16.5. The highest BCUT2D eigenvalue weighted by Crippen LogP contribution is 2.29. The van der Waals surface area contributed by atoms with Gasteiger partial charge in [0.25, 0.3) is 0 Å². The minimum Gasteiger partial charge on any atom is -0.493 e. The fourth-order valence-electron chi connectivity index (χ4n) is 2.73. The van der Waals surface area contributed by atoms with Crippen LogP contribution in [-0.4, -0.2) is 49.1 Å². The lowest BCUT2D eigenvalue weighted by atomic mass is 10.0. The van der Waals surface area contributed by atoms with Crippen LogP contribution >= 0.6 is 0 Å². The zero-order chi connectivity index (χ0) is 17.8. The summed E-state index contributed by atoms with van der Waals surface area (Å²) in [7, 11) is 3.85. The number of nitrogens with zero attached hydrogens (tertiary/aromatic N) is 2. The average molecular weight is 344 g/mol. The van der Waals surface area contributed by atoms with Crippen molar-refractivity contribution in [3.63, 3.8) is 0 Å². The smallest absolute Gasteiger partial charge is 0.314 e. The minimum absolute atomic E-state index is 0.0605. The molecular formula is C17H20N4O4. The monoisotopic (exact) mass is 344 g/mol. The zero-order valence-electron chi connectivity index (χ0n) is 14.1. The van der Waals surface area contributed by atoms with Crippen molar-refractivity contribution in [2.75, 3.05) is 32.6 Å². The van der Waals surface area contributed by atoms with Gasteiger partial charge in [0.05, 0.1) is 12.6 Å². The van der Waals surface area contributed by atoms with Gasteiger partial charge >= 0.3 is 11.8 Å². The van der Waals surface area contributed by atoms with Gasteiger partial charge in [-0.1, -0.05) is 17.3 Å². The number of benzene rings is 1. The van der Waals surface area contributed by atoms with Crippen LogP contribution in [0.5, 0.6) is 5.75 Å². The Kier molecular flexibility index (Phi) is 4.99. The Morgan fingerprint density at radius 3 is 2.84 bits per heavy atom. The van der Waals surface area contributed by atoms with Crippen molar-refractivity contribution < 1.29 is 18.8 Å². The molecule has 1 aliphatic rings. The fourth-order valence-corrected chi connectivity index (χ4v) is 2.73. The summed E-state index contributed by atoms with van der Waals surface area (Å²) in [6.45, 7) is 1.00. The number of fused-ring (bicyclic) bond motifs is 1. The van der Waals surface area contributed by atoms with Crippen LogP contribution in [0.25, 0.3) is 0 Å². The standard InChI is InChI=1S/C17H20N4O4/c1-21(2)13(11-3-4-14-12(9-11)5-7-24-14)10-18-16(22)17(23)19-15-6-8-25-20-15/h3-4,6,8-9,13H,5,7,10H2,1-2H3,(H,18,22)(H,19,20,23). The zero-order valence-corrected chi connectivity index (χ0v) is 14.1. The molecule has 0 fully saturated rings. The Morgan fingerprint density at radius 2 is 2.12 bits per heavy atom. The van der Waals surface area contributed by atoms with Crippen LogP contribution in [-0.2, 0) is 16.0 Å². The summed E-state index contributed by atoms with van der Waals surface area (Å²) < 4.78 is 10.1. The number of ether oxygens (including phenoxy) is 1. The maximum absolute atomic E-state index is 12.0. The first-order chi connectivity index (χ1) is 12.0.